The van der Waals surface area contributed by atoms with E-state index in [1.54, 1.807) is 7.11 Å². The van der Waals surface area contributed by atoms with Gasteiger partial charge in [0, 0.05) is 5.92 Å². The van der Waals surface area contributed by atoms with Crippen LogP contribution in [0.2, 0.25) is 0 Å². The summed E-state index contributed by atoms with van der Waals surface area (Å²) in [6.45, 7) is 21.3. The van der Waals surface area contributed by atoms with E-state index in [4.69, 9.17) is 4.74 Å². The van der Waals surface area contributed by atoms with Crippen molar-refractivity contribution in [3.8, 4) is 0 Å². The summed E-state index contributed by atoms with van der Waals surface area (Å²) in [5.74, 6) is 1.01. The fourth-order valence-corrected chi connectivity index (χ4v) is 3.66. The van der Waals surface area contributed by atoms with Crippen LogP contribution in [-0.2, 0) is 4.74 Å². The van der Waals surface area contributed by atoms with Crippen molar-refractivity contribution < 1.29 is 4.74 Å². The smallest absolute Gasteiger partial charge is 0.0915 e. The standard InChI is InChI=1S/C26H32O/c1-9-22(10-2)26(15-17(3)21(7)27-8)20(6)25-16-23-13-11-12-14-24(23)18(4)19(25)5/h9,11-14,16-17H,1,6-7,10,15H2,2-5,8H3/b26-22+. The number of aryl methyl sites for hydroxylation is 1. The Morgan fingerprint density at radius 3 is 2.41 bits per heavy atom. The van der Waals surface area contributed by atoms with Gasteiger partial charge in [-0.1, -0.05) is 63.9 Å². The molecular weight excluding hydrogens is 328 g/mol. The zero-order chi connectivity index (χ0) is 20.1. The average Bonchev–Trinajstić information content (AvgIpc) is 2.69. The van der Waals surface area contributed by atoms with E-state index in [2.05, 4.69) is 77.8 Å². The van der Waals surface area contributed by atoms with Gasteiger partial charge in [0.2, 0.25) is 0 Å². The maximum Gasteiger partial charge on any atom is 0.0915 e. The highest BCUT2D eigenvalue weighted by atomic mass is 16.5. The quantitative estimate of drug-likeness (QED) is 0.349. The van der Waals surface area contributed by atoms with Crippen molar-refractivity contribution in [3.05, 3.63) is 89.7 Å². The van der Waals surface area contributed by atoms with Crippen molar-refractivity contribution in [2.24, 2.45) is 5.92 Å². The molecule has 0 bridgehead atoms. The third kappa shape index (κ3) is 4.24. The molecule has 0 spiro atoms. The van der Waals surface area contributed by atoms with Gasteiger partial charge in [0.25, 0.3) is 0 Å². The van der Waals surface area contributed by atoms with Gasteiger partial charge in [0.1, 0.15) is 0 Å². The van der Waals surface area contributed by atoms with E-state index in [1.807, 2.05) is 6.08 Å². The first kappa shape index (κ1) is 20.8. The zero-order valence-electron chi connectivity index (χ0n) is 17.5. The van der Waals surface area contributed by atoms with Gasteiger partial charge in [-0.3, -0.25) is 0 Å². The van der Waals surface area contributed by atoms with Gasteiger partial charge in [-0.15, -0.1) is 0 Å². The number of benzene rings is 2. The summed E-state index contributed by atoms with van der Waals surface area (Å²) in [6.07, 6.45) is 3.73. The fraction of sp³-hybridized carbons (Fsp3) is 0.308. The lowest BCUT2D eigenvalue weighted by molar-refractivity contribution is 0.249. The van der Waals surface area contributed by atoms with Gasteiger partial charge in [-0.2, -0.15) is 0 Å². The first-order chi connectivity index (χ1) is 12.8. The van der Waals surface area contributed by atoms with Crippen molar-refractivity contribution in [2.45, 2.75) is 40.5 Å². The SMILES string of the molecule is C=C/C(CC)=C(/CC(C)C(=C)OC)C(=C)c1cc2ccccc2c(C)c1C. The molecule has 0 aliphatic rings. The molecule has 1 unspecified atom stereocenters. The Balaban J connectivity index is 2.61. The number of hydrogen-bond donors (Lipinski definition) is 0. The molecule has 27 heavy (non-hydrogen) atoms. The lowest BCUT2D eigenvalue weighted by Crippen LogP contribution is -2.06. The zero-order valence-corrected chi connectivity index (χ0v) is 17.5. The molecule has 0 heterocycles. The van der Waals surface area contributed by atoms with Crippen LogP contribution < -0.4 is 0 Å². The molecule has 142 valence electrons. The molecule has 1 atom stereocenters. The molecule has 1 nitrogen and oxygen atoms in total. The van der Waals surface area contributed by atoms with Crippen LogP contribution in [0.15, 0.2) is 73.1 Å². The number of ether oxygens (including phenoxy) is 1. The molecule has 2 aromatic rings. The summed E-state index contributed by atoms with van der Waals surface area (Å²) in [5.41, 5.74) is 7.37. The van der Waals surface area contributed by atoms with E-state index < -0.39 is 0 Å². The van der Waals surface area contributed by atoms with Crippen molar-refractivity contribution in [3.63, 3.8) is 0 Å². The van der Waals surface area contributed by atoms with E-state index in [9.17, 15) is 0 Å². The Morgan fingerprint density at radius 1 is 1.15 bits per heavy atom. The third-order valence-electron chi connectivity index (χ3n) is 5.66. The van der Waals surface area contributed by atoms with Crippen molar-refractivity contribution >= 4 is 16.3 Å². The first-order valence-electron chi connectivity index (χ1n) is 9.61. The van der Waals surface area contributed by atoms with Gasteiger partial charge in [0.15, 0.2) is 0 Å². The van der Waals surface area contributed by atoms with Crippen molar-refractivity contribution in [2.75, 3.05) is 7.11 Å². The van der Waals surface area contributed by atoms with E-state index >= 15 is 0 Å². The second kappa shape index (κ2) is 8.90. The molecular formula is C26H32O. The highest BCUT2D eigenvalue weighted by Gasteiger charge is 2.18. The lowest BCUT2D eigenvalue weighted by Gasteiger charge is -2.22. The van der Waals surface area contributed by atoms with Gasteiger partial charge in [-0.25, -0.2) is 0 Å². The number of methoxy groups -OCH3 is 1. The van der Waals surface area contributed by atoms with Crippen molar-refractivity contribution in [1.29, 1.82) is 0 Å². The highest BCUT2D eigenvalue weighted by Crippen LogP contribution is 2.37. The summed E-state index contributed by atoms with van der Waals surface area (Å²) < 4.78 is 5.37. The topological polar surface area (TPSA) is 9.23 Å². The van der Waals surface area contributed by atoms with E-state index in [1.165, 1.54) is 38.6 Å². The van der Waals surface area contributed by atoms with Crippen LogP contribution in [0.5, 0.6) is 0 Å². The maximum atomic E-state index is 5.37. The Hall–Kier alpha value is -2.54. The molecule has 0 fully saturated rings. The number of rotatable bonds is 8. The predicted octanol–water partition coefficient (Wildman–Crippen LogP) is 7.55. The van der Waals surface area contributed by atoms with Crippen LogP contribution in [0, 0.1) is 19.8 Å². The molecule has 0 saturated heterocycles. The summed E-state index contributed by atoms with van der Waals surface area (Å²) in [4.78, 5) is 0. The number of fused-ring (bicyclic) bond motifs is 1. The molecule has 0 aliphatic heterocycles. The van der Waals surface area contributed by atoms with Gasteiger partial charge in [-0.05, 0) is 76.9 Å². The molecule has 2 aromatic carbocycles. The summed E-state index contributed by atoms with van der Waals surface area (Å²) in [5, 5.41) is 2.56. The maximum absolute atomic E-state index is 5.37. The molecule has 0 aliphatic carbocycles. The highest BCUT2D eigenvalue weighted by molar-refractivity contribution is 5.93. The Kier molecular flexibility index (Phi) is 6.85. The molecule has 1 heteroatoms. The number of hydrogen-bond acceptors (Lipinski definition) is 1. The summed E-state index contributed by atoms with van der Waals surface area (Å²) in [7, 11) is 1.68. The fourth-order valence-electron chi connectivity index (χ4n) is 3.66. The van der Waals surface area contributed by atoms with E-state index in [-0.39, 0.29) is 5.92 Å². The van der Waals surface area contributed by atoms with Gasteiger partial charge >= 0.3 is 0 Å². The van der Waals surface area contributed by atoms with Crippen LogP contribution in [0.3, 0.4) is 0 Å². The van der Waals surface area contributed by atoms with Crippen LogP contribution >= 0.6 is 0 Å². The number of allylic oxidation sites excluding steroid dienone is 5. The monoisotopic (exact) mass is 360 g/mol. The van der Waals surface area contributed by atoms with Gasteiger partial charge in [0.05, 0.1) is 12.9 Å². The normalized spacial score (nSPS) is 13.1. The lowest BCUT2D eigenvalue weighted by atomic mass is 9.83. The van der Waals surface area contributed by atoms with Gasteiger partial charge < -0.3 is 4.74 Å². The average molecular weight is 361 g/mol. The minimum absolute atomic E-state index is 0.213. The van der Waals surface area contributed by atoms with Crippen LogP contribution in [0.4, 0.5) is 0 Å². The van der Waals surface area contributed by atoms with Crippen molar-refractivity contribution in [1.82, 2.24) is 0 Å². The second-order valence-corrected chi connectivity index (χ2v) is 7.21. The van der Waals surface area contributed by atoms with Crippen LogP contribution in [-0.4, -0.2) is 7.11 Å². The minimum Gasteiger partial charge on any atom is -0.501 e. The molecule has 0 amide bonds. The second-order valence-electron chi connectivity index (χ2n) is 7.21. The summed E-state index contributed by atoms with van der Waals surface area (Å²) >= 11 is 0. The molecule has 0 saturated carbocycles. The first-order valence-corrected chi connectivity index (χ1v) is 9.61. The Morgan fingerprint density at radius 2 is 1.81 bits per heavy atom. The minimum atomic E-state index is 0.213. The van der Waals surface area contributed by atoms with Crippen LogP contribution in [0.25, 0.3) is 16.3 Å². The predicted molar refractivity (Wildman–Crippen MR) is 120 cm³/mol. The molecule has 2 rings (SSSR count). The largest absolute Gasteiger partial charge is 0.501 e. The Bertz CT molecular complexity index is 911. The summed E-state index contributed by atoms with van der Waals surface area (Å²) in [6, 6.07) is 10.8. The van der Waals surface area contributed by atoms with E-state index in [0.717, 1.165) is 24.2 Å². The van der Waals surface area contributed by atoms with Crippen LogP contribution in [0.1, 0.15) is 43.4 Å². The molecule has 0 N–H and O–H groups in total. The van der Waals surface area contributed by atoms with E-state index in [0.29, 0.717) is 0 Å². The Labute approximate surface area is 164 Å². The molecule has 0 aromatic heterocycles. The molecule has 0 radical (unpaired) electrons. The third-order valence-corrected chi connectivity index (χ3v) is 5.66.